The predicted molar refractivity (Wildman–Crippen MR) is 202 cm³/mol. The minimum absolute atomic E-state index is 0.577. The molecule has 0 radical (unpaired) electrons. The molecule has 9 rings (SSSR count). The van der Waals surface area contributed by atoms with E-state index in [1.807, 2.05) is 103 Å². The predicted octanol–water partition coefficient (Wildman–Crippen LogP) is 11.8. The summed E-state index contributed by atoms with van der Waals surface area (Å²) in [6.45, 7) is 0. The van der Waals surface area contributed by atoms with Crippen molar-refractivity contribution in [2.75, 3.05) is 4.90 Å². The molecule has 1 aromatic heterocycles. The number of rotatable bonds is 6. The second-order valence-electron chi connectivity index (χ2n) is 12.1. The van der Waals surface area contributed by atoms with E-state index in [4.69, 9.17) is 19.7 Å². The average molecular weight is 643 g/mol. The monoisotopic (exact) mass is 642 g/mol. The van der Waals surface area contributed by atoms with Gasteiger partial charge >= 0.3 is 0 Å². The van der Waals surface area contributed by atoms with Gasteiger partial charge in [-0.3, -0.25) is 0 Å². The maximum Gasteiger partial charge on any atom is 0.166 e. The van der Waals surface area contributed by atoms with Gasteiger partial charge in [0.15, 0.2) is 29.0 Å². The van der Waals surface area contributed by atoms with Crippen LogP contribution in [-0.4, -0.2) is 15.0 Å². The highest BCUT2D eigenvalue weighted by Crippen LogP contribution is 2.52. The van der Waals surface area contributed by atoms with Crippen LogP contribution in [0.4, 0.5) is 17.1 Å². The largest absolute Gasteiger partial charge is 0.453 e. The Morgan fingerprint density at radius 2 is 0.760 bits per heavy atom. The van der Waals surface area contributed by atoms with Crippen molar-refractivity contribution in [1.29, 1.82) is 0 Å². The highest BCUT2D eigenvalue weighted by molar-refractivity contribution is 5.95. The minimum atomic E-state index is 0.577. The summed E-state index contributed by atoms with van der Waals surface area (Å²) in [6, 6.07) is 62.1. The Kier molecular flexibility index (Phi) is 7.41. The molecule has 0 bridgehead atoms. The molecule has 0 N–H and O–H groups in total. The Morgan fingerprint density at radius 3 is 1.32 bits per heavy atom. The lowest BCUT2D eigenvalue weighted by molar-refractivity contribution is 0.477. The van der Waals surface area contributed by atoms with Crippen molar-refractivity contribution in [2.45, 2.75) is 0 Å². The SMILES string of the molecule is c1ccc(-c2nc(-c3ccccc3)nc(-c3cc(-c4ccccc4-c4ccccc4)ccc3N3c4ccccc4Oc4ccccc43)n2)cc1. The van der Waals surface area contributed by atoms with Crippen LogP contribution in [0.5, 0.6) is 11.5 Å². The van der Waals surface area contributed by atoms with Crippen molar-refractivity contribution in [2.24, 2.45) is 0 Å². The van der Waals surface area contributed by atoms with Crippen molar-refractivity contribution in [3.05, 3.63) is 182 Å². The molecule has 7 aromatic carbocycles. The second kappa shape index (κ2) is 12.6. The summed E-state index contributed by atoms with van der Waals surface area (Å²) in [5.74, 6) is 3.35. The van der Waals surface area contributed by atoms with Gasteiger partial charge in [0.2, 0.25) is 0 Å². The summed E-state index contributed by atoms with van der Waals surface area (Å²) in [6.07, 6.45) is 0. The highest BCUT2D eigenvalue weighted by Gasteiger charge is 2.29. The lowest BCUT2D eigenvalue weighted by atomic mass is 9.93. The fraction of sp³-hybridized carbons (Fsp3) is 0. The van der Waals surface area contributed by atoms with Crippen LogP contribution in [0, 0.1) is 0 Å². The number of ether oxygens (including phenoxy) is 1. The molecule has 0 aliphatic carbocycles. The van der Waals surface area contributed by atoms with E-state index in [-0.39, 0.29) is 0 Å². The van der Waals surface area contributed by atoms with E-state index in [0.717, 1.165) is 67.5 Å². The molecule has 1 aliphatic heterocycles. The molecule has 50 heavy (non-hydrogen) atoms. The summed E-state index contributed by atoms with van der Waals surface area (Å²) in [5, 5.41) is 0. The van der Waals surface area contributed by atoms with Crippen LogP contribution in [0.2, 0.25) is 0 Å². The molecule has 5 nitrogen and oxygen atoms in total. The maximum atomic E-state index is 6.40. The second-order valence-corrected chi connectivity index (χ2v) is 12.1. The van der Waals surface area contributed by atoms with Crippen LogP contribution >= 0.6 is 0 Å². The third-order valence-electron chi connectivity index (χ3n) is 8.93. The van der Waals surface area contributed by atoms with Crippen molar-refractivity contribution in [3.63, 3.8) is 0 Å². The first kappa shape index (κ1) is 29.3. The number of hydrogen-bond acceptors (Lipinski definition) is 5. The van der Waals surface area contributed by atoms with Crippen LogP contribution in [0.1, 0.15) is 0 Å². The zero-order valence-electron chi connectivity index (χ0n) is 27.0. The van der Waals surface area contributed by atoms with Crippen molar-refractivity contribution in [3.8, 4) is 67.9 Å². The first-order valence-corrected chi connectivity index (χ1v) is 16.6. The molecule has 0 spiro atoms. The van der Waals surface area contributed by atoms with E-state index in [2.05, 4.69) is 83.8 Å². The minimum Gasteiger partial charge on any atom is -0.453 e. The molecule has 0 saturated heterocycles. The van der Waals surface area contributed by atoms with Gasteiger partial charge in [-0.1, -0.05) is 146 Å². The van der Waals surface area contributed by atoms with E-state index in [0.29, 0.717) is 17.5 Å². The molecular weight excluding hydrogens is 613 g/mol. The summed E-state index contributed by atoms with van der Waals surface area (Å²) in [7, 11) is 0. The van der Waals surface area contributed by atoms with Crippen LogP contribution in [0.15, 0.2) is 182 Å². The summed E-state index contributed by atoms with van der Waals surface area (Å²) in [5.41, 5.74) is 9.99. The molecule has 1 aliphatic rings. The van der Waals surface area contributed by atoms with Crippen LogP contribution in [-0.2, 0) is 0 Å². The molecule has 0 unspecified atom stereocenters. The number of nitrogens with zero attached hydrogens (tertiary/aromatic N) is 4. The summed E-state index contributed by atoms with van der Waals surface area (Å²) >= 11 is 0. The smallest absolute Gasteiger partial charge is 0.166 e. The fourth-order valence-corrected chi connectivity index (χ4v) is 6.58. The summed E-state index contributed by atoms with van der Waals surface area (Å²) in [4.78, 5) is 17.7. The molecular formula is C45H30N4O. The van der Waals surface area contributed by atoms with E-state index < -0.39 is 0 Å². The normalized spacial score (nSPS) is 11.7. The number of anilines is 3. The Bertz CT molecular complexity index is 2360. The molecule has 8 aromatic rings. The quantitative estimate of drug-likeness (QED) is 0.181. The van der Waals surface area contributed by atoms with Crippen LogP contribution in [0.3, 0.4) is 0 Å². The summed E-state index contributed by atoms with van der Waals surface area (Å²) < 4.78 is 6.40. The van der Waals surface area contributed by atoms with Gasteiger partial charge in [0, 0.05) is 16.7 Å². The first-order chi connectivity index (χ1) is 24.8. The molecule has 5 heteroatoms. The van der Waals surface area contributed by atoms with E-state index in [1.54, 1.807) is 0 Å². The fourth-order valence-electron chi connectivity index (χ4n) is 6.58. The third-order valence-corrected chi connectivity index (χ3v) is 8.93. The number of benzene rings is 7. The molecule has 0 amide bonds. The Balaban J connectivity index is 1.33. The lowest BCUT2D eigenvalue weighted by Crippen LogP contribution is -2.17. The molecule has 236 valence electrons. The number of aromatic nitrogens is 3. The zero-order valence-corrected chi connectivity index (χ0v) is 27.0. The Hall–Kier alpha value is -6.85. The third kappa shape index (κ3) is 5.37. The molecule has 2 heterocycles. The van der Waals surface area contributed by atoms with Crippen molar-refractivity contribution >= 4 is 17.1 Å². The zero-order chi connectivity index (χ0) is 33.3. The highest BCUT2D eigenvalue weighted by atomic mass is 16.5. The van der Waals surface area contributed by atoms with Crippen LogP contribution in [0.25, 0.3) is 56.4 Å². The van der Waals surface area contributed by atoms with Crippen molar-refractivity contribution < 1.29 is 4.74 Å². The van der Waals surface area contributed by atoms with Gasteiger partial charge in [-0.25, -0.2) is 15.0 Å². The van der Waals surface area contributed by atoms with Gasteiger partial charge in [0.05, 0.1) is 17.1 Å². The number of para-hydroxylation sites is 4. The maximum absolute atomic E-state index is 6.40. The molecule has 0 fully saturated rings. The van der Waals surface area contributed by atoms with E-state index in [9.17, 15) is 0 Å². The van der Waals surface area contributed by atoms with Crippen LogP contribution < -0.4 is 9.64 Å². The van der Waals surface area contributed by atoms with Gasteiger partial charge in [-0.2, -0.15) is 0 Å². The number of hydrogen-bond donors (Lipinski definition) is 0. The topological polar surface area (TPSA) is 51.1 Å². The van der Waals surface area contributed by atoms with E-state index >= 15 is 0 Å². The Labute approximate surface area is 290 Å². The lowest BCUT2D eigenvalue weighted by Gasteiger charge is -2.34. The number of fused-ring (bicyclic) bond motifs is 2. The van der Waals surface area contributed by atoms with Gasteiger partial charge in [-0.05, 0) is 58.7 Å². The molecule has 0 saturated carbocycles. The van der Waals surface area contributed by atoms with Gasteiger partial charge in [0.1, 0.15) is 0 Å². The molecule has 0 atom stereocenters. The Morgan fingerprint density at radius 1 is 0.320 bits per heavy atom. The van der Waals surface area contributed by atoms with Crippen molar-refractivity contribution in [1.82, 2.24) is 15.0 Å². The first-order valence-electron chi connectivity index (χ1n) is 16.6. The standard InChI is InChI=1S/C45H30N4O/c1-4-16-31(17-5-1)35-22-10-11-23-36(35)34-28-29-38(49-39-24-12-14-26-41(39)50-42-27-15-13-25-40(42)49)37(30-34)45-47-43(32-18-6-2-7-19-32)46-44(48-45)33-20-8-3-9-21-33/h1-30H. The van der Waals surface area contributed by atoms with Gasteiger partial charge < -0.3 is 9.64 Å². The average Bonchev–Trinajstić information content (AvgIpc) is 3.20. The van der Waals surface area contributed by atoms with Gasteiger partial charge in [0.25, 0.3) is 0 Å². The van der Waals surface area contributed by atoms with E-state index in [1.165, 1.54) is 0 Å². The van der Waals surface area contributed by atoms with Gasteiger partial charge in [-0.15, -0.1) is 0 Å².